The number of piperazine rings is 1. The third kappa shape index (κ3) is 3.09. The van der Waals surface area contributed by atoms with Gasteiger partial charge in [0.25, 0.3) is 11.6 Å². The van der Waals surface area contributed by atoms with Crippen LogP contribution in [-0.2, 0) is 0 Å². The summed E-state index contributed by atoms with van der Waals surface area (Å²) in [5.41, 5.74) is 1.31. The molecule has 0 spiro atoms. The maximum Gasteiger partial charge on any atom is 0.292 e. The first-order valence-corrected chi connectivity index (χ1v) is 9.74. The fourth-order valence-electron chi connectivity index (χ4n) is 3.64. The third-order valence-electron chi connectivity index (χ3n) is 5.08. The summed E-state index contributed by atoms with van der Waals surface area (Å²) < 4.78 is 14.9. The molecular formula is C20H18FN3O3S. The average Bonchev–Trinajstić information content (AvgIpc) is 3.05. The number of nitro benzene ring substituents is 1. The van der Waals surface area contributed by atoms with Gasteiger partial charge in [0.15, 0.2) is 0 Å². The molecule has 8 heteroatoms. The SMILES string of the molecule is Cc1c(C(=O)N2CCN(c3ccccc3[N+](=O)[O-])CC2)sc2cccc(F)c12. The van der Waals surface area contributed by atoms with Gasteiger partial charge in [-0.25, -0.2) is 4.39 Å². The molecule has 3 aromatic rings. The van der Waals surface area contributed by atoms with Crippen molar-refractivity contribution in [1.29, 1.82) is 0 Å². The molecule has 6 nitrogen and oxygen atoms in total. The number of aryl methyl sites for hydroxylation is 1. The zero-order valence-electron chi connectivity index (χ0n) is 15.2. The third-order valence-corrected chi connectivity index (χ3v) is 6.33. The Balaban J connectivity index is 1.53. The fraction of sp³-hybridized carbons (Fsp3) is 0.250. The summed E-state index contributed by atoms with van der Waals surface area (Å²) >= 11 is 1.31. The van der Waals surface area contributed by atoms with E-state index in [1.807, 2.05) is 11.0 Å². The van der Waals surface area contributed by atoms with Crippen LogP contribution in [0.15, 0.2) is 42.5 Å². The van der Waals surface area contributed by atoms with E-state index >= 15 is 0 Å². The maximum atomic E-state index is 14.1. The smallest absolute Gasteiger partial charge is 0.292 e. The highest BCUT2D eigenvalue weighted by Gasteiger charge is 2.28. The number of amides is 1. The molecule has 1 fully saturated rings. The molecule has 0 unspecified atom stereocenters. The Kier molecular flexibility index (Phi) is 4.72. The van der Waals surface area contributed by atoms with Crippen molar-refractivity contribution in [2.45, 2.75) is 6.92 Å². The molecule has 2 heterocycles. The van der Waals surface area contributed by atoms with E-state index in [-0.39, 0.29) is 22.3 Å². The minimum Gasteiger partial charge on any atom is -0.362 e. The molecule has 2 aromatic carbocycles. The number of halogens is 1. The number of hydrogen-bond acceptors (Lipinski definition) is 5. The zero-order chi connectivity index (χ0) is 19.8. The van der Waals surface area contributed by atoms with Gasteiger partial charge in [0, 0.05) is 42.3 Å². The molecule has 0 atom stereocenters. The van der Waals surface area contributed by atoms with Gasteiger partial charge < -0.3 is 9.80 Å². The van der Waals surface area contributed by atoms with Crippen LogP contribution in [0, 0.1) is 22.9 Å². The number of para-hydroxylation sites is 2. The van der Waals surface area contributed by atoms with Crippen molar-refractivity contribution in [1.82, 2.24) is 4.90 Å². The standard InChI is InChI=1S/C20H18FN3O3S/c1-13-18-14(21)5-4-8-17(18)28-19(13)20(25)23-11-9-22(10-12-23)15-6-2-3-7-16(15)24(26)27/h2-8H,9-12H2,1H3. The normalized spacial score (nSPS) is 14.5. The van der Waals surface area contributed by atoms with Crippen LogP contribution in [-0.4, -0.2) is 41.9 Å². The first-order chi connectivity index (χ1) is 13.5. The summed E-state index contributed by atoms with van der Waals surface area (Å²) in [5, 5.41) is 11.8. The Labute approximate surface area is 164 Å². The fourth-order valence-corrected chi connectivity index (χ4v) is 4.83. The van der Waals surface area contributed by atoms with Crippen LogP contribution in [0.1, 0.15) is 15.2 Å². The molecule has 4 rings (SSSR count). The molecule has 144 valence electrons. The molecule has 1 aliphatic heterocycles. The molecule has 0 radical (unpaired) electrons. The van der Waals surface area contributed by atoms with Crippen LogP contribution in [0.25, 0.3) is 10.1 Å². The van der Waals surface area contributed by atoms with Gasteiger partial charge in [-0.15, -0.1) is 11.3 Å². The second kappa shape index (κ2) is 7.20. The van der Waals surface area contributed by atoms with Crippen molar-refractivity contribution in [2.24, 2.45) is 0 Å². The van der Waals surface area contributed by atoms with Crippen LogP contribution in [0.3, 0.4) is 0 Å². The summed E-state index contributed by atoms with van der Waals surface area (Å²) in [6, 6.07) is 11.5. The van der Waals surface area contributed by atoms with Crippen molar-refractivity contribution < 1.29 is 14.1 Å². The van der Waals surface area contributed by atoms with E-state index in [1.165, 1.54) is 23.5 Å². The van der Waals surface area contributed by atoms with Gasteiger partial charge in [-0.2, -0.15) is 0 Å². The average molecular weight is 399 g/mol. The number of nitrogens with zero attached hydrogens (tertiary/aromatic N) is 3. The lowest BCUT2D eigenvalue weighted by atomic mass is 10.1. The van der Waals surface area contributed by atoms with E-state index in [0.29, 0.717) is 47.7 Å². The number of anilines is 1. The Morgan fingerprint density at radius 3 is 2.50 bits per heavy atom. The lowest BCUT2D eigenvalue weighted by Crippen LogP contribution is -2.48. The highest BCUT2D eigenvalue weighted by molar-refractivity contribution is 7.21. The van der Waals surface area contributed by atoms with Gasteiger partial charge in [0.2, 0.25) is 0 Å². The Morgan fingerprint density at radius 2 is 1.82 bits per heavy atom. The topological polar surface area (TPSA) is 66.7 Å². The van der Waals surface area contributed by atoms with Gasteiger partial charge in [0.1, 0.15) is 11.5 Å². The Morgan fingerprint density at radius 1 is 1.11 bits per heavy atom. The van der Waals surface area contributed by atoms with E-state index in [1.54, 1.807) is 36.1 Å². The van der Waals surface area contributed by atoms with Crippen LogP contribution < -0.4 is 4.90 Å². The summed E-state index contributed by atoms with van der Waals surface area (Å²) in [7, 11) is 0. The zero-order valence-corrected chi connectivity index (χ0v) is 16.0. The van der Waals surface area contributed by atoms with Gasteiger partial charge >= 0.3 is 0 Å². The van der Waals surface area contributed by atoms with Gasteiger partial charge in [-0.3, -0.25) is 14.9 Å². The number of fused-ring (bicyclic) bond motifs is 1. The molecule has 1 aliphatic rings. The molecule has 1 aromatic heterocycles. The number of rotatable bonds is 3. The minimum atomic E-state index is -0.387. The van der Waals surface area contributed by atoms with E-state index in [9.17, 15) is 19.3 Å². The van der Waals surface area contributed by atoms with Crippen LogP contribution in [0.2, 0.25) is 0 Å². The van der Waals surface area contributed by atoms with Crippen molar-refractivity contribution >= 4 is 38.7 Å². The first kappa shape index (κ1) is 18.4. The van der Waals surface area contributed by atoms with E-state index < -0.39 is 0 Å². The Bertz CT molecular complexity index is 1070. The second-order valence-electron chi connectivity index (χ2n) is 6.69. The second-order valence-corrected chi connectivity index (χ2v) is 7.75. The van der Waals surface area contributed by atoms with E-state index in [4.69, 9.17) is 0 Å². The minimum absolute atomic E-state index is 0.0677. The molecule has 0 saturated carbocycles. The largest absolute Gasteiger partial charge is 0.362 e. The van der Waals surface area contributed by atoms with Crippen LogP contribution >= 0.6 is 11.3 Å². The van der Waals surface area contributed by atoms with Crippen molar-refractivity contribution in [3.63, 3.8) is 0 Å². The number of benzene rings is 2. The quantitative estimate of drug-likeness (QED) is 0.489. The number of nitro groups is 1. The maximum absolute atomic E-state index is 14.1. The molecular weight excluding hydrogens is 381 g/mol. The van der Waals surface area contributed by atoms with E-state index in [0.717, 1.165) is 4.70 Å². The molecule has 1 amide bonds. The van der Waals surface area contributed by atoms with Gasteiger partial charge in [-0.05, 0) is 30.7 Å². The molecule has 0 N–H and O–H groups in total. The van der Waals surface area contributed by atoms with E-state index in [2.05, 4.69) is 0 Å². The Hall–Kier alpha value is -3.00. The highest BCUT2D eigenvalue weighted by Crippen LogP contribution is 2.34. The number of carbonyl (C=O) groups excluding carboxylic acids is 1. The molecule has 0 aliphatic carbocycles. The van der Waals surface area contributed by atoms with Crippen LogP contribution in [0.4, 0.5) is 15.8 Å². The van der Waals surface area contributed by atoms with Gasteiger partial charge in [-0.1, -0.05) is 18.2 Å². The first-order valence-electron chi connectivity index (χ1n) is 8.92. The lowest BCUT2D eigenvalue weighted by molar-refractivity contribution is -0.384. The predicted molar refractivity (Wildman–Crippen MR) is 108 cm³/mol. The molecule has 1 saturated heterocycles. The summed E-state index contributed by atoms with van der Waals surface area (Å²) in [6.45, 7) is 3.71. The van der Waals surface area contributed by atoms with Crippen molar-refractivity contribution in [3.8, 4) is 0 Å². The molecule has 0 bridgehead atoms. The number of thiophene rings is 1. The predicted octanol–water partition coefficient (Wildman–Crippen LogP) is 4.22. The summed E-state index contributed by atoms with van der Waals surface area (Å²) in [4.78, 5) is 28.1. The lowest BCUT2D eigenvalue weighted by Gasteiger charge is -2.35. The van der Waals surface area contributed by atoms with Gasteiger partial charge in [0.05, 0.1) is 9.80 Å². The highest BCUT2D eigenvalue weighted by atomic mass is 32.1. The summed E-state index contributed by atoms with van der Waals surface area (Å²) in [5.74, 6) is -0.424. The van der Waals surface area contributed by atoms with Crippen molar-refractivity contribution in [2.75, 3.05) is 31.1 Å². The van der Waals surface area contributed by atoms with Crippen LogP contribution in [0.5, 0.6) is 0 Å². The molecule has 28 heavy (non-hydrogen) atoms. The van der Waals surface area contributed by atoms with Crippen molar-refractivity contribution in [3.05, 3.63) is 68.8 Å². The number of hydrogen-bond donors (Lipinski definition) is 0. The monoisotopic (exact) mass is 399 g/mol. The summed E-state index contributed by atoms with van der Waals surface area (Å²) in [6.07, 6.45) is 0. The number of carbonyl (C=O) groups is 1.